The van der Waals surface area contributed by atoms with Gasteiger partial charge in [-0.3, -0.25) is 4.79 Å². The molecule has 0 aromatic carbocycles. The molecule has 7 heteroatoms. The van der Waals surface area contributed by atoms with Gasteiger partial charge in [0.15, 0.2) is 5.65 Å². The first-order valence-corrected chi connectivity index (χ1v) is 11.1. The minimum atomic E-state index is -1.09. The van der Waals surface area contributed by atoms with Crippen LogP contribution in [0.5, 0.6) is 0 Å². The van der Waals surface area contributed by atoms with E-state index >= 15 is 0 Å². The number of fused-ring (bicyclic) bond motifs is 1. The molecular formula is C13H20BrN3O2Si. The molecule has 0 spiro atoms. The average molecular weight is 358 g/mol. The minimum Gasteiger partial charge on any atom is -0.360 e. The van der Waals surface area contributed by atoms with Gasteiger partial charge in [0.2, 0.25) is 0 Å². The molecular weight excluding hydrogens is 338 g/mol. The second kappa shape index (κ2) is 5.83. The van der Waals surface area contributed by atoms with Crippen LogP contribution in [-0.4, -0.2) is 29.0 Å². The lowest BCUT2D eigenvalue weighted by atomic mass is 10.3. The molecule has 0 fully saturated rings. The van der Waals surface area contributed by atoms with E-state index in [0.717, 1.165) is 17.1 Å². The largest absolute Gasteiger partial charge is 0.360 e. The SMILES string of the molecule is Cn1c(=O)c2cc(Br)cnc2n1COCC[Si](C)(C)C. The maximum absolute atomic E-state index is 12.1. The molecule has 0 saturated heterocycles. The van der Waals surface area contributed by atoms with Crippen molar-refractivity contribution >= 4 is 35.0 Å². The molecule has 0 aliphatic rings. The Labute approximate surface area is 127 Å². The summed E-state index contributed by atoms with van der Waals surface area (Å²) in [5.74, 6) is 0. The van der Waals surface area contributed by atoms with Gasteiger partial charge >= 0.3 is 0 Å². The van der Waals surface area contributed by atoms with Gasteiger partial charge in [0, 0.05) is 32.4 Å². The van der Waals surface area contributed by atoms with Gasteiger partial charge in [0.1, 0.15) is 6.73 Å². The summed E-state index contributed by atoms with van der Waals surface area (Å²) in [7, 11) is 0.646. The highest BCUT2D eigenvalue weighted by Crippen LogP contribution is 2.15. The Morgan fingerprint density at radius 2 is 2.10 bits per heavy atom. The number of hydrogen-bond donors (Lipinski definition) is 0. The summed E-state index contributed by atoms with van der Waals surface area (Å²) in [5, 5.41) is 0.607. The van der Waals surface area contributed by atoms with Crippen LogP contribution < -0.4 is 5.56 Å². The highest BCUT2D eigenvalue weighted by molar-refractivity contribution is 9.10. The second-order valence-corrected chi connectivity index (χ2v) is 12.6. The summed E-state index contributed by atoms with van der Waals surface area (Å²) in [6.07, 6.45) is 1.69. The molecule has 0 aliphatic heterocycles. The molecule has 2 heterocycles. The molecule has 0 atom stereocenters. The van der Waals surface area contributed by atoms with Crippen LogP contribution in [-0.2, 0) is 18.5 Å². The quantitative estimate of drug-likeness (QED) is 0.610. The number of hydrogen-bond acceptors (Lipinski definition) is 3. The molecule has 20 heavy (non-hydrogen) atoms. The van der Waals surface area contributed by atoms with E-state index in [9.17, 15) is 4.79 Å². The summed E-state index contributed by atoms with van der Waals surface area (Å²) in [4.78, 5) is 16.4. The first-order chi connectivity index (χ1) is 9.29. The Bertz CT molecular complexity index is 673. The fraction of sp³-hybridized carbons (Fsp3) is 0.538. The number of rotatable bonds is 5. The van der Waals surface area contributed by atoms with E-state index in [-0.39, 0.29) is 5.56 Å². The van der Waals surface area contributed by atoms with Gasteiger partial charge in [0.25, 0.3) is 5.56 Å². The van der Waals surface area contributed by atoms with Crippen molar-refractivity contribution in [3.63, 3.8) is 0 Å². The van der Waals surface area contributed by atoms with Crippen LogP contribution in [0, 0.1) is 0 Å². The van der Waals surface area contributed by atoms with Crippen LogP contribution in [0.3, 0.4) is 0 Å². The molecule has 5 nitrogen and oxygen atoms in total. The zero-order chi connectivity index (χ0) is 14.9. The lowest BCUT2D eigenvalue weighted by molar-refractivity contribution is 0.0732. The normalized spacial score (nSPS) is 12.2. The van der Waals surface area contributed by atoms with Crippen LogP contribution in [0.25, 0.3) is 11.0 Å². The van der Waals surface area contributed by atoms with E-state index in [4.69, 9.17) is 4.74 Å². The van der Waals surface area contributed by atoms with Crippen molar-refractivity contribution in [1.82, 2.24) is 14.3 Å². The fourth-order valence-corrected chi connectivity index (χ4v) is 2.99. The summed E-state index contributed by atoms with van der Waals surface area (Å²) >= 11 is 3.34. The Balaban J connectivity index is 2.18. The summed E-state index contributed by atoms with van der Waals surface area (Å²) < 4.78 is 9.85. The van der Waals surface area contributed by atoms with E-state index < -0.39 is 8.07 Å². The standard InChI is InChI=1S/C13H20BrN3O2Si/c1-16-13(18)11-7-10(14)8-15-12(11)17(16)9-19-5-6-20(2,3)4/h7-8H,5-6,9H2,1-4H3. The lowest BCUT2D eigenvalue weighted by Crippen LogP contribution is -2.24. The van der Waals surface area contributed by atoms with Crippen molar-refractivity contribution in [2.24, 2.45) is 7.05 Å². The highest BCUT2D eigenvalue weighted by Gasteiger charge is 2.14. The molecule has 2 rings (SSSR count). The van der Waals surface area contributed by atoms with Gasteiger partial charge in [-0.05, 0) is 28.0 Å². The summed E-state index contributed by atoms with van der Waals surface area (Å²) in [5.41, 5.74) is 0.608. The second-order valence-electron chi connectivity index (χ2n) is 6.10. The summed E-state index contributed by atoms with van der Waals surface area (Å²) in [6, 6.07) is 2.91. The van der Waals surface area contributed by atoms with Crippen molar-refractivity contribution in [3.8, 4) is 0 Å². The number of nitrogens with zero attached hydrogens (tertiary/aromatic N) is 3. The van der Waals surface area contributed by atoms with Gasteiger partial charge in [0.05, 0.1) is 5.39 Å². The summed E-state index contributed by atoms with van der Waals surface area (Å²) in [6.45, 7) is 8.03. The molecule has 0 bridgehead atoms. The van der Waals surface area contributed by atoms with Crippen LogP contribution in [0.1, 0.15) is 0 Å². The van der Waals surface area contributed by atoms with E-state index in [2.05, 4.69) is 40.6 Å². The van der Waals surface area contributed by atoms with E-state index in [1.165, 1.54) is 0 Å². The van der Waals surface area contributed by atoms with Crippen LogP contribution in [0.2, 0.25) is 25.7 Å². The Kier molecular flexibility index (Phi) is 4.51. The third-order valence-corrected chi connectivity index (χ3v) is 5.31. The maximum Gasteiger partial charge on any atom is 0.276 e. The number of aromatic nitrogens is 3. The molecule has 0 saturated carbocycles. The van der Waals surface area contributed by atoms with Crippen LogP contribution >= 0.6 is 15.9 Å². The van der Waals surface area contributed by atoms with Crippen molar-refractivity contribution in [2.75, 3.05) is 6.61 Å². The predicted octanol–water partition coefficient (Wildman–Crippen LogP) is 2.81. The van der Waals surface area contributed by atoms with Crippen molar-refractivity contribution < 1.29 is 4.74 Å². The third-order valence-electron chi connectivity index (χ3n) is 3.17. The van der Waals surface area contributed by atoms with Crippen molar-refractivity contribution in [2.45, 2.75) is 32.4 Å². The van der Waals surface area contributed by atoms with Gasteiger partial charge < -0.3 is 4.74 Å². The number of ether oxygens (including phenoxy) is 1. The van der Waals surface area contributed by atoms with E-state index in [1.54, 1.807) is 28.7 Å². The minimum absolute atomic E-state index is 0.0532. The maximum atomic E-state index is 12.1. The Morgan fingerprint density at radius 1 is 1.40 bits per heavy atom. The predicted molar refractivity (Wildman–Crippen MR) is 86.8 cm³/mol. The molecule has 2 aromatic heterocycles. The van der Waals surface area contributed by atoms with Gasteiger partial charge in [-0.1, -0.05) is 19.6 Å². The Hall–Kier alpha value is -0.923. The highest BCUT2D eigenvalue weighted by atomic mass is 79.9. The smallest absolute Gasteiger partial charge is 0.276 e. The van der Waals surface area contributed by atoms with Gasteiger partial charge in [-0.25, -0.2) is 14.3 Å². The van der Waals surface area contributed by atoms with Crippen molar-refractivity contribution in [1.29, 1.82) is 0 Å². The number of pyridine rings is 1. The molecule has 0 unspecified atom stereocenters. The zero-order valence-electron chi connectivity index (χ0n) is 12.3. The molecule has 0 N–H and O–H groups in total. The first-order valence-electron chi connectivity index (χ1n) is 6.58. The molecule has 110 valence electrons. The topological polar surface area (TPSA) is 49.0 Å². The van der Waals surface area contributed by atoms with Crippen molar-refractivity contribution in [3.05, 3.63) is 27.1 Å². The Morgan fingerprint density at radius 3 is 2.75 bits per heavy atom. The molecule has 0 radical (unpaired) electrons. The van der Waals surface area contributed by atoms with Crippen LogP contribution in [0.15, 0.2) is 21.5 Å². The first kappa shape index (κ1) is 15.5. The van der Waals surface area contributed by atoms with E-state index in [1.807, 2.05) is 0 Å². The fourth-order valence-electron chi connectivity index (χ4n) is 1.90. The van der Waals surface area contributed by atoms with E-state index in [0.29, 0.717) is 17.8 Å². The average Bonchev–Trinajstić information content (AvgIpc) is 2.58. The number of halogens is 1. The van der Waals surface area contributed by atoms with Crippen LogP contribution in [0.4, 0.5) is 0 Å². The third kappa shape index (κ3) is 3.39. The van der Waals surface area contributed by atoms with Gasteiger partial charge in [-0.15, -0.1) is 0 Å². The molecule has 0 aliphatic carbocycles. The molecule has 0 amide bonds. The molecule has 2 aromatic rings. The lowest BCUT2D eigenvalue weighted by Gasteiger charge is -2.16. The zero-order valence-corrected chi connectivity index (χ0v) is 14.9. The van der Waals surface area contributed by atoms with Gasteiger partial charge in [-0.2, -0.15) is 0 Å². The monoisotopic (exact) mass is 357 g/mol.